The zero-order valence-electron chi connectivity index (χ0n) is 25.3. The van der Waals surface area contributed by atoms with Gasteiger partial charge in [0.1, 0.15) is 5.82 Å². The Bertz CT molecular complexity index is 1620. The van der Waals surface area contributed by atoms with Gasteiger partial charge in [0.25, 0.3) is 0 Å². The topological polar surface area (TPSA) is 151 Å². The lowest BCUT2D eigenvalue weighted by Gasteiger charge is -2.34. The van der Waals surface area contributed by atoms with Crippen LogP contribution in [0.15, 0.2) is 60.8 Å². The van der Waals surface area contributed by atoms with E-state index >= 15 is 0 Å². The van der Waals surface area contributed by atoms with Gasteiger partial charge in [-0.2, -0.15) is 5.10 Å². The van der Waals surface area contributed by atoms with Gasteiger partial charge in [-0.3, -0.25) is 25.0 Å². The van der Waals surface area contributed by atoms with Gasteiger partial charge in [-0.15, -0.1) is 0 Å². The number of aryl methyl sites for hydroxylation is 1. The number of H-pyrrole nitrogens is 1. The Hall–Kier alpha value is -4.72. The van der Waals surface area contributed by atoms with Gasteiger partial charge >= 0.3 is 6.09 Å². The highest BCUT2D eigenvalue weighted by molar-refractivity contribution is 5.95. The Balaban J connectivity index is 1.19. The fourth-order valence-electron chi connectivity index (χ4n) is 5.72. The van der Waals surface area contributed by atoms with Crippen LogP contribution in [0.25, 0.3) is 10.9 Å². The fourth-order valence-corrected chi connectivity index (χ4v) is 5.72. The number of piperazine rings is 1. The van der Waals surface area contributed by atoms with Gasteiger partial charge in [-0.1, -0.05) is 17.7 Å². The van der Waals surface area contributed by atoms with E-state index in [0.29, 0.717) is 42.5 Å². The molecule has 2 aromatic carbocycles. The Labute approximate surface area is 261 Å². The van der Waals surface area contributed by atoms with Gasteiger partial charge in [0.15, 0.2) is 12.0 Å². The number of rotatable bonds is 10. The Morgan fingerprint density at radius 3 is 2.56 bits per heavy atom. The van der Waals surface area contributed by atoms with Gasteiger partial charge in [0, 0.05) is 62.5 Å². The number of pyridine rings is 1. The first-order valence-corrected chi connectivity index (χ1v) is 15.3. The number of aromatic nitrogens is 3. The summed E-state index contributed by atoms with van der Waals surface area (Å²) in [4.78, 5) is 37.3. The molecule has 236 valence electrons. The molecule has 2 aromatic heterocycles. The number of nitrogens with one attached hydrogen (secondary N) is 4. The van der Waals surface area contributed by atoms with Crippen LogP contribution in [0.4, 0.5) is 33.5 Å². The number of ether oxygens (including phenoxy) is 1. The number of fused-ring (bicyclic) bond motifs is 1. The van der Waals surface area contributed by atoms with E-state index in [0.717, 1.165) is 54.8 Å². The maximum Gasteiger partial charge on any atom is 0.413 e. The first kappa shape index (κ1) is 30.3. The number of aliphatic hydroxyl groups is 1. The van der Waals surface area contributed by atoms with Crippen molar-refractivity contribution in [1.29, 1.82) is 0 Å². The van der Waals surface area contributed by atoms with E-state index in [1.807, 2.05) is 66.4 Å². The zero-order valence-corrected chi connectivity index (χ0v) is 25.3. The maximum atomic E-state index is 13.2. The Morgan fingerprint density at radius 2 is 1.76 bits per heavy atom. The second kappa shape index (κ2) is 13.9. The molecular formula is C32H39N9O4. The van der Waals surface area contributed by atoms with Crippen molar-refractivity contribution < 1.29 is 19.4 Å². The minimum Gasteiger partial charge on any atom is -0.425 e. The lowest BCUT2D eigenvalue weighted by Crippen LogP contribution is -2.49. The van der Waals surface area contributed by atoms with Gasteiger partial charge < -0.3 is 25.4 Å². The van der Waals surface area contributed by atoms with Crippen molar-refractivity contribution in [2.24, 2.45) is 0 Å². The van der Waals surface area contributed by atoms with E-state index in [1.165, 1.54) is 0 Å². The minimum atomic E-state index is -0.560. The largest absolute Gasteiger partial charge is 0.425 e. The molecule has 0 unspecified atom stereocenters. The second-order valence-corrected chi connectivity index (χ2v) is 11.4. The molecule has 0 saturated carbocycles. The molecule has 13 nitrogen and oxygen atoms in total. The number of carbonyl (C=O) groups is 2. The number of β-amino-alcohol motifs (C(OH)–C–C–N with tert-alkyl or cyclic N) is 1. The van der Waals surface area contributed by atoms with Gasteiger partial charge in [-0.05, 0) is 55.8 Å². The van der Waals surface area contributed by atoms with Crippen LogP contribution in [0, 0.1) is 6.92 Å². The molecule has 0 spiro atoms. The lowest BCUT2D eigenvalue weighted by molar-refractivity contribution is -0.117. The van der Waals surface area contributed by atoms with Crippen LogP contribution in [0.3, 0.4) is 0 Å². The Morgan fingerprint density at radius 1 is 0.978 bits per heavy atom. The average Bonchev–Trinajstić information content (AvgIpc) is 3.69. The van der Waals surface area contributed by atoms with E-state index in [2.05, 4.69) is 35.9 Å². The van der Waals surface area contributed by atoms with Gasteiger partial charge in [-0.25, -0.2) is 9.78 Å². The molecule has 1 atom stereocenters. The van der Waals surface area contributed by atoms with Gasteiger partial charge in [0.2, 0.25) is 5.91 Å². The summed E-state index contributed by atoms with van der Waals surface area (Å²) in [7, 11) is 0. The summed E-state index contributed by atoms with van der Waals surface area (Å²) in [6.45, 7) is 6.74. The van der Waals surface area contributed by atoms with Crippen LogP contribution in [0.1, 0.15) is 18.4 Å². The molecule has 0 bridgehead atoms. The molecule has 6 rings (SSSR count). The monoisotopic (exact) mass is 613 g/mol. The second-order valence-electron chi connectivity index (χ2n) is 11.4. The number of anilines is 5. The predicted octanol–water partition coefficient (Wildman–Crippen LogP) is 3.73. The van der Waals surface area contributed by atoms with E-state index in [-0.39, 0.29) is 19.1 Å². The number of amides is 2. The number of carbonyl (C=O) groups excluding carboxylic acids is 2. The number of benzene rings is 2. The van der Waals surface area contributed by atoms with Gasteiger partial charge in [0.05, 0.1) is 30.6 Å². The highest BCUT2D eigenvalue weighted by atomic mass is 16.6. The van der Waals surface area contributed by atoms with Crippen molar-refractivity contribution >= 4 is 51.6 Å². The predicted molar refractivity (Wildman–Crippen MR) is 174 cm³/mol. The third kappa shape index (κ3) is 7.69. The molecule has 5 N–H and O–H groups in total. The third-order valence-corrected chi connectivity index (χ3v) is 8.12. The Kier molecular flexibility index (Phi) is 9.38. The van der Waals surface area contributed by atoms with Crippen LogP contribution in [-0.2, 0) is 9.53 Å². The average molecular weight is 614 g/mol. The van der Waals surface area contributed by atoms with Crippen LogP contribution < -0.4 is 20.9 Å². The normalized spacial score (nSPS) is 17.4. The van der Waals surface area contributed by atoms with E-state index in [1.54, 1.807) is 6.20 Å². The summed E-state index contributed by atoms with van der Waals surface area (Å²) in [5, 5.41) is 26.5. The summed E-state index contributed by atoms with van der Waals surface area (Å²) in [6.07, 6.45) is 2.08. The molecule has 2 aliphatic heterocycles. The molecule has 13 heteroatoms. The number of hydrogen-bond acceptors (Lipinski definition) is 10. The molecule has 2 saturated heterocycles. The van der Waals surface area contributed by atoms with Crippen LogP contribution in [0.2, 0.25) is 0 Å². The highest BCUT2D eigenvalue weighted by Crippen LogP contribution is 2.33. The molecule has 0 radical (unpaired) electrons. The van der Waals surface area contributed by atoms with Crippen molar-refractivity contribution in [3.05, 3.63) is 66.4 Å². The maximum absolute atomic E-state index is 13.2. The van der Waals surface area contributed by atoms with Crippen LogP contribution in [-0.4, -0.2) is 101 Å². The molecule has 2 aliphatic rings. The third-order valence-electron chi connectivity index (χ3n) is 8.12. The lowest BCUT2D eigenvalue weighted by atomic mass is 10.2. The van der Waals surface area contributed by atoms with Crippen LogP contribution >= 0.6 is 0 Å². The summed E-state index contributed by atoms with van der Waals surface area (Å²) in [6, 6.07) is 17.0. The molecule has 45 heavy (non-hydrogen) atoms. The van der Waals surface area contributed by atoms with Crippen LogP contribution in [0.5, 0.6) is 0 Å². The summed E-state index contributed by atoms with van der Waals surface area (Å²) in [5.41, 5.74) is 4.07. The standard InChI is InChI=1S/C32H39N9O4/c1-22-4-6-24(7-5-22)35-32(44)45-30-3-2-12-41(30)31-27(36-29(43)21-40-15-13-39(14-16-40)17-18-42)10-11-28(37-31)34-25-8-9-26-23(19-25)20-33-38-26/h4-11,19-20,30,42H,2-3,12-18,21H2,1H3,(H,33,38)(H,34,37)(H,35,44)(H,36,43)/t30-/m0/s1. The smallest absolute Gasteiger partial charge is 0.413 e. The minimum absolute atomic E-state index is 0.133. The van der Waals surface area contributed by atoms with Crippen molar-refractivity contribution in [2.75, 3.05) is 73.3 Å². The van der Waals surface area contributed by atoms with E-state index < -0.39 is 12.3 Å². The number of hydrogen-bond donors (Lipinski definition) is 5. The fraction of sp³-hybridized carbons (Fsp3) is 0.375. The first-order chi connectivity index (χ1) is 21.9. The highest BCUT2D eigenvalue weighted by Gasteiger charge is 2.32. The van der Waals surface area contributed by atoms with E-state index in [9.17, 15) is 14.7 Å². The molecule has 4 aromatic rings. The van der Waals surface area contributed by atoms with Crippen molar-refractivity contribution in [3.8, 4) is 0 Å². The molecule has 4 heterocycles. The summed E-state index contributed by atoms with van der Waals surface area (Å²) in [5.74, 6) is 0.963. The quantitative estimate of drug-likeness (QED) is 0.179. The summed E-state index contributed by atoms with van der Waals surface area (Å²) < 4.78 is 5.88. The molecule has 0 aliphatic carbocycles. The zero-order chi connectivity index (χ0) is 31.2. The van der Waals surface area contributed by atoms with E-state index in [4.69, 9.17) is 9.72 Å². The molecule has 2 amide bonds. The SMILES string of the molecule is Cc1ccc(NC(=O)O[C@H]2CCCN2c2nc(Nc3ccc4[nH]ncc4c3)ccc2NC(=O)CN2CCN(CCO)CC2)cc1. The van der Waals surface area contributed by atoms with Crippen molar-refractivity contribution in [1.82, 2.24) is 25.0 Å². The number of nitrogens with zero attached hydrogens (tertiary/aromatic N) is 5. The van der Waals surface area contributed by atoms with Crippen molar-refractivity contribution in [3.63, 3.8) is 0 Å². The first-order valence-electron chi connectivity index (χ1n) is 15.3. The molecule has 2 fully saturated rings. The summed E-state index contributed by atoms with van der Waals surface area (Å²) >= 11 is 0. The molecular weight excluding hydrogens is 574 g/mol. The number of aromatic amines is 1. The van der Waals surface area contributed by atoms with Crippen molar-refractivity contribution in [2.45, 2.75) is 26.0 Å². The number of aliphatic hydroxyl groups excluding tert-OH is 1.